The number of hydrogen-bond acceptors (Lipinski definition) is 5. The van der Waals surface area contributed by atoms with Crippen LogP contribution in [0.5, 0.6) is 0 Å². The summed E-state index contributed by atoms with van der Waals surface area (Å²) in [5.74, 6) is -1.70. The Morgan fingerprint density at radius 2 is 0.875 bits per heavy atom. The Hall–Kier alpha value is -2.14. The highest BCUT2D eigenvalue weighted by Crippen LogP contribution is 2.18. The molecule has 0 aromatic carbocycles. The van der Waals surface area contributed by atoms with Crippen LogP contribution in [0.4, 0.5) is 0 Å². The van der Waals surface area contributed by atoms with Crippen molar-refractivity contribution in [3.63, 3.8) is 0 Å². The molecule has 0 rings (SSSR count). The van der Waals surface area contributed by atoms with Gasteiger partial charge in [-0.15, -0.1) is 0 Å². The van der Waals surface area contributed by atoms with Crippen molar-refractivity contribution >= 4 is 11.9 Å². The highest BCUT2D eigenvalue weighted by molar-refractivity contribution is 6.29. The van der Waals surface area contributed by atoms with Crippen molar-refractivity contribution in [2.45, 2.75) is 187 Å². The zero-order valence-corrected chi connectivity index (χ0v) is 32.1. The summed E-state index contributed by atoms with van der Waals surface area (Å²) in [7, 11) is 3.81. The van der Waals surface area contributed by atoms with E-state index in [1.165, 1.54) is 116 Å². The standard InChI is InChI=1S/C43H77NO4/c1-5-7-9-11-13-15-17-19-21-23-25-27-29-31-33-35-37-41(48-43(46)42(45)47-40-39-44(3)4)38-36-34-32-30-28-26-24-22-20-18-16-14-12-10-8-6-2/h13-16,19-22,41H,5-12,17-18,23-40H2,1-4H3. The van der Waals surface area contributed by atoms with Gasteiger partial charge < -0.3 is 14.4 Å². The van der Waals surface area contributed by atoms with Crippen molar-refractivity contribution in [2.24, 2.45) is 0 Å². The van der Waals surface area contributed by atoms with Crippen molar-refractivity contribution in [3.05, 3.63) is 48.6 Å². The zero-order valence-electron chi connectivity index (χ0n) is 32.1. The highest BCUT2D eigenvalue weighted by Gasteiger charge is 2.22. The highest BCUT2D eigenvalue weighted by atomic mass is 16.6. The van der Waals surface area contributed by atoms with E-state index < -0.39 is 11.9 Å². The summed E-state index contributed by atoms with van der Waals surface area (Å²) < 4.78 is 10.8. The molecule has 0 unspecified atom stereocenters. The molecule has 0 fully saturated rings. The third kappa shape index (κ3) is 35.2. The number of allylic oxidation sites excluding steroid dienone is 8. The van der Waals surface area contributed by atoms with Gasteiger partial charge in [0.1, 0.15) is 12.7 Å². The van der Waals surface area contributed by atoms with Gasteiger partial charge in [-0.3, -0.25) is 0 Å². The van der Waals surface area contributed by atoms with Gasteiger partial charge in [-0.25, -0.2) is 9.59 Å². The molecule has 5 heteroatoms. The van der Waals surface area contributed by atoms with Crippen LogP contribution in [0, 0.1) is 0 Å². The maximum absolute atomic E-state index is 12.4. The fraction of sp³-hybridized carbons (Fsp3) is 0.767. The van der Waals surface area contributed by atoms with Gasteiger partial charge in [-0.05, 0) is 104 Å². The van der Waals surface area contributed by atoms with E-state index in [4.69, 9.17) is 9.47 Å². The minimum atomic E-state index is -0.865. The van der Waals surface area contributed by atoms with Crippen molar-refractivity contribution in [3.8, 4) is 0 Å². The van der Waals surface area contributed by atoms with Crippen molar-refractivity contribution in [2.75, 3.05) is 27.2 Å². The monoisotopic (exact) mass is 672 g/mol. The lowest BCUT2D eigenvalue weighted by atomic mass is 10.0. The molecule has 0 aliphatic carbocycles. The number of carbonyl (C=O) groups is 2. The second-order valence-electron chi connectivity index (χ2n) is 13.7. The lowest BCUT2D eigenvalue weighted by Gasteiger charge is -2.18. The molecule has 0 aromatic rings. The molecule has 5 nitrogen and oxygen atoms in total. The minimum absolute atomic E-state index is 0.198. The van der Waals surface area contributed by atoms with E-state index in [1.54, 1.807) is 0 Å². The first-order valence-electron chi connectivity index (χ1n) is 20.1. The number of ether oxygens (including phenoxy) is 2. The summed E-state index contributed by atoms with van der Waals surface area (Å²) in [6.45, 7) is 5.28. The Labute approximate surface area is 298 Å². The van der Waals surface area contributed by atoms with Crippen molar-refractivity contribution in [1.82, 2.24) is 4.90 Å². The molecule has 0 bridgehead atoms. The molecule has 0 spiro atoms. The number of esters is 2. The molecule has 48 heavy (non-hydrogen) atoms. The minimum Gasteiger partial charge on any atom is -0.456 e. The largest absolute Gasteiger partial charge is 0.456 e. The third-order valence-electron chi connectivity index (χ3n) is 8.67. The Morgan fingerprint density at radius 3 is 1.27 bits per heavy atom. The molecule has 0 amide bonds. The summed E-state index contributed by atoms with van der Waals surface area (Å²) >= 11 is 0. The third-order valence-corrected chi connectivity index (χ3v) is 8.67. The predicted octanol–water partition coefficient (Wildman–Crippen LogP) is 12.4. The van der Waals surface area contributed by atoms with Crippen LogP contribution in [0.1, 0.15) is 181 Å². The molecule has 0 atom stereocenters. The van der Waals surface area contributed by atoms with Crippen LogP contribution < -0.4 is 0 Å². The fourth-order valence-electron chi connectivity index (χ4n) is 5.56. The Balaban J connectivity index is 4.18. The lowest BCUT2D eigenvalue weighted by Crippen LogP contribution is -2.28. The zero-order chi connectivity index (χ0) is 35.2. The van der Waals surface area contributed by atoms with Gasteiger partial charge in [0.25, 0.3) is 0 Å². The van der Waals surface area contributed by atoms with Gasteiger partial charge in [0, 0.05) is 6.54 Å². The van der Waals surface area contributed by atoms with E-state index in [2.05, 4.69) is 62.5 Å². The Kier molecular flexibility index (Phi) is 36.0. The van der Waals surface area contributed by atoms with Gasteiger partial charge in [-0.1, -0.05) is 140 Å². The normalized spacial score (nSPS) is 12.8. The smallest absolute Gasteiger partial charge is 0.417 e. The topological polar surface area (TPSA) is 55.8 Å². The van der Waals surface area contributed by atoms with Crippen molar-refractivity contribution < 1.29 is 19.1 Å². The molecule has 0 saturated heterocycles. The molecule has 0 aliphatic rings. The summed E-state index contributed by atoms with van der Waals surface area (Å²) in [5.41, 5.74) is 0. The lowest BCUT2D eigenvalue weighted by molar-refractivity contribution is -0.171. The van der Waals surface area contributed by atoms with Crippen LogP contribution in [0.15, 0.2) is 48.6 Å². The summed E-state index contributed by atoms with van der Waals surface area (Å²) in [6.07, 6.45) is 49.0. The molecule has 0 aliphatic heterocycles. The quantitative estimate of drug-likeness (QED) is 0.0295. The average Bonchev–Trinajstić information content (AvgIpc) is 3.07. The van der Waals surface area contributed by atoms with Crippen LogP contribution in [0.2, 0.25) is 0 Å². The second kappa shape index (κ2) is 37.7. The van der Waals surface area contributed by atoms with E-state index in [9.17, 15) is 9.59 Å². The maximum Gasteiger partial charge on any atom is 0.417 e. The summed E-state index contributed by atoms with van der Waals surface area (Å²) in [6, 6.07) is 0. The molecule has 0 aromatic heterocycles. The van der Waals surface area contributed by atoms with Crippen LogP contribution in [0.3, 0.4) is 0 Å². The first-order chi connectivity index (χ1) is 23.5. The van der Waals surface area contributed by atoms with E-state index in [-0.39, 0.29) is 12.7 Å². The first kappa shape index (κ1) is 45.9. The average molecular weight is 672 g/mol. The van der Waals surface area contributed by atoms with Gasteiger partial charge in [0.15, 0.2) is 0 Å². The van der Waals surface area contributed by atoms with E-state index in [0.717, 1.165) is 51.4 Å². The number of carbonyl (C=O) groups excluding carboxylic acids is 2. The van der Waals surface area contributed by atoms with Gasteiger partial charge in [-0.2, -0.15) is 0 Å². The number of rotatable bonds is 34. The molecular formula is C43H77NO4. The van der Waals surface area contributed by atoms with Crippen LogP contribution >= 0.6 is 0 Å². The second-order valence-corrected chi connectivity index (χ2v) is 13.7. The van der Waals surface area contributed by atoms with Crippen molar-refractivity contribution in [1.29, 1.82) is 0 Å². The number of likely N-dealkylation sites (N-methyl/N-ethyl adjacent to an activating group) is 1. The number of unbranched alkanes of at least 4 members (excludes halogenated alkanes) is 18. The first-order valence-corrected chi connectivity index (χ1v) is 20.1. The Morgan fingerprint density at radius 1 is 0.500 bits per heavy atom. The van der Waals surface area contributed by atoms with Gasteiger partial charge in [0.05, 0.1) is 0 Å². The van der Waals surface area contributed by atoms with Crippen LogP contribution in [-0.2, 0) is 19.1 Å². The number of hydrogen-bond donors (Lipinski definition) is 0. The summed E-state index contributed by atoms with van der Waals surface area (Å²) in [4.78, 5) is 26.5. The van der Waals surface area contributed by atoms with E-state index in [1.807, 2.05) is 19.0 Å². The van der Waals surface area contributed by atoms with Crippen LogP contribution in [-0.4, -0.2) is 50.2 Å². The van der Waals surface area contributed by atoms with Gasteiger partial charge in [0.2, 0.25) is 0 Å². The molecule has 0 saturated carbocycles. The molecule has 278 valence electrons. The predicted molar refractivity (Wildman–Crippen MR) is 207 cm³/mol. The maximum atomic E-state index is 12.4. The molecular weight excluding hydrogens is 594 g/mol. The van der Waals surface area contributed by atoms with E-state index >= 15 is 0 Å². The number of nitrogens with zero attached hydrogens (tertiary/aromatic N) is 1. The molecule has 0 radical (unpaired) electrons. The fourth-order valence-corrected chi connectivity index (χ4v) is 5.56. The molecule has 0 heterocycles. The summed E-state index contributed by atoms with van der Waals surface area (Å²) in [5, 5.41) is 0. The SMILES string of the molecule is CCCCCC=CCC=CCCCCCCCCC(CCCCCCCCC=CCC=CCCCCC)OC(=O)C(=O)OCCN(C)C. The van der Waals surface area contributed by atoms with Crippen LogP contribution in [0.25, 0.3) is 0 Å². The molecule has 0 N–H and O–H groups in total. The Bertz CT molecular complexity index is 781. The van der Waals surface area contributed by atoms with E-state index in [0.29, 0.717) is 6.54 Å². The van der Waals surface area contributed by atoms with Gasteiger partial charge >= 0.3 is 11.9 Å².